The van der Waals surface area contributed by atoms with Crippen molar-refractivity contribution < 1.29 is 9.59 Å². The van der Waals surface area contributed by atoms with Crippen molar-refractivity contribution >= 4 is 11.8 Å². The maximum Gasteiger partial charge on any atom is 0.237 e. The van der Waals surface area contributed by atoms with Crippen LogP contribution in [0.5, 0.6) is 0 Å². The van der Waals surface area contributed by atoms with Gasteiger partial charge < -0.3 is 10.2 Å². The van der Waals surface area contributed by atoms with Crippen LogP contribution in [-0.4, -0.2) is 52.8 Å². The Morgan fingerprint density at radius 3 is 2.34 bits per heavy atom. The summed E-state index contributed by atoms with van der Waals surface area (Å²) in [6.07, 6.45) is 5.55. The first-order valence-corrected chi connectivity index (χ1v) is 11.2. The van der Waals surface area contributed by atoms with Gasteiger partial charge in [-0.3, -0.25) is 14.5 Å². The van der Waals surface area contributed by atoms with Crippen molar-refractivity contribution in [1.29, 1.82) is 0 Å². The zero-order valence-corrected chi connectivity index (χ0v) is 18.3. The van der Waals surface area contributed by atoms with E-state index in [0.717, 1.165) is 45.1 Å². The van der Waals surface area contributed by atoms with Crippen LogP contribution in [0.3, 0.4) is 0 Å². The SMILES string of the molecule is CCC(C)(C)C(=O)N1[C@H]2CC[C@H]1CC(NC(=O)C1Cc3ccccc3CN1C)C2. The first kappa shape index (κ1) is 20.4. The maximum atomic E-state index is 13.1. The highest BCUT2D eigenvalue weighted by atomic mass is 16.2. The van der Waals surface area contributed by atoms with E-state index in [1.165, 1.54) is 11.1 Å². The van der Waals surface area contributed by atoms with E-state index in [9.17, 15) is 9.59 Å². The lowest BCUT2D eigenvalue weighted by Crippen LogP contribution is -2.57. The van der Waals surface area contributed by atoms with Crippen molar-refractivity contribution in [1.82, 2.24) is 15.1 Å². The van der Waals surface area contributed by atoms with E-state index in [1.807, 2.05) is 7.05 Å². The van der Waals surface area contributed by atoms with Crippen molar-refractivity contribution in [3.05, 3.63) is 35.4 Å². The number of rotatable bonds is 4. The van der Waals surface area contributed by atoms with Gasteiger partial charge in [-0.05, 0) is 56.7 Å². The number of carbonyl (C=O) groups excluding carboxylic acids is 2. The quantitative estimate of drug-likeness (QED) is 0.849. The fraction of sp³-hybridized carbons (Fsp3) is 0.667. The Morgan fingerprint density at radius 1 is 1.10 bits per heavy atom. The minimum absolute atomic E-state index is 0.110. The molecule has 1 aromatic carbocycles. The molecule has 0 saturated carbocycles. The lowest BCUT2D eigenvalue weighted by Gasteiger charge is -2.43. The molecule has 1 aromatic rings. The average molecular weight is 398 g/mol. The number of nitrogens with one attached hydrogen (secondary N) is 1. The first-order chi connectivity index (χ1) is 13.8. The topological polar surface area (TPSA) is 52.7 Å². The molecule has 2 fully saturated rings. The fourth-order valence-electron chi connectivity index (χ4n) is 5.37. The molecule has 3 atom stereocenters. The molecule has 1 N–H and O–H groups in total. The van der Waals surface area contributed by atoms with E-state index in [-0.39, 0.29) is 35.5 Å². The molecule has 5 nitrogen and oxygen atoms in total. The van der Waals surface area contributed by atoms with Crippen molar-refractivity contribution in [2.24, 2.45) is 5.41 Å². The van der Waals surface area contributed by atoms with Crippen LogP contribution in [0.15, 0.2) is 24.3 Å². The molecule has 29 heavy (non-hydrogen) atoms. The van der Waals surface area contributed by atoms with E-state index in [1.54, 1.807) is 0 Å². The second-order valence-corrected chi connectivity index (χ2v) is 9.92. The summed E-state index contributed by atoms with van der Waals surface area (Å²) in [7, 11) is 2.04. The summed E-state index contributed by atoms with van der Waals surface area (Å²) >= 11 is 0. The highest BCUT2D eigenvalue weighted by Gasteiger charge is 2.47. The molecule has 4 rings (SSSR count). The smallest absolute Gasteiger partial charge is 0.237 e. The van der Waals surface area contributed by atoms with Gasteiger partial charge in [0.05, 0.1) is 6.04 Å². The molecule has 158 valence electrons. The Labute approximate surface area is 174 Å². The second kappa shape index (κ2) is 7.75. The van der Waals surface area contributed by atoms with Gasteiger partial charge in [0.2, 0.25) is 11.8 Å². The van der Waals surface area contributed by atoms with Crippen LogP contribution in [0.1, 0.15) is 64.0 Å². The predicted octanol–water partition coefficient (Wildman–Crippen LogP) is 3.12. The number of hydrogen-bond donors (Lipinski definition) is 1. The van der Waals surface area contributed by atoms with E-state index < -0.39 is 0 Å². The maximum absolute atomic E-state index is 13.1. The summed E-state index contributed by atoms with van der Waals surface area (Å²) in [5.74, 6) is 0.431. The predicted molar refractivity (Wildman–Crippen MR) is 114 cm³/mol. The average Bonchev–Trinajstić information content (AvgIpc) is 2.96. The molecule has 3 aliphatic rings. The molecule has 0 aliphatic carbocycles. The zero-order chi connectivity index (χ0) is 20.8. The largest absolute Gasteiger partial charge is 0.352 e. The molecule has 0 radical (unpaired) electrons. The summed E-state index contributed by atoms with van der Waals surface area (Å²) in [6, 6.07) is 9.05. The van der Waals surface area contributed by atoms with Crippen LogP contribution < -0.4 is 5.32 Å². The number of benzene rings is 1. The number of nitrogens with zero attached hydrogens (tertiary/aromatic N) is 2. The Bertz CT molecular complexity index is 776. The van der Waals surface area contributed by atoms with Crippen molar-refractivity contribution in [3.63, 3.8) is 0 Å². The minimum atomic E-state index is -0.297. The second-order valence-electron chi connectivity index (χ2n) is 9.92. The third-order valence-electron chi connectivity index (χ3n) is 7.56. The molecule has 2 amide bonds. The van der Waals surface area contributed by atoms with Gasteiger partial charge in [-0.1, -0.05) is 45.0 Å². The standard InChI is InChI=1S/C24H35N3O2/c1-5-24(2,3)23(29)27-19-10-11-20(27)14-18(13-19)25-22(28)21-12-16-8-6-7-9-17(16)15-26(21)4/h6-9,18-21H,5,10-15H2,1-4H3,(H,25,28)/t19-,20-,21?/m0/s1. The molecule has 1 unspecified atom stereocenters. The lowest BCUT2D eigenvalue weighted by molar-refractivity contribution is -0.145. The van der Waals surface area contributed by atoms with Gasteiger partial charge in [-0.25, -0.2) is 0 Å². The van der Waals surface area contributed by atoms with E-state index in [0.29, 0.717) is 5.91 Å². The lowest BCUT2D eigenvalue weighted by atomic mass is 9.86. The fourth-order valence-corrected chi connectivity index (χ4v) is 5.37. The number of fused-ring (bicyclic) bond motifs is 3. The summed E-state index contributed by atoms with van der Waals surface area (Å²) in [5.41, 5.74) is 2.31. The van der Waals surface area contributed by atoms with Crippen LogP contribution in [0.25, 0.3) is 0 Å². The van der Waals surface area contributed by atoms with Crippen molar-refractivity contribution in [2.75, 3.05) is 7.05 Å². The summed E-state index contributed by atoms with van der Waals surface area (Å²) < 4.78 is 0. The highest BCUT2D eigenvalue weighted by Crippen LogP contribution is 2.39. The number of amides is 2. The van der Waals surface area contributed by atoms with Gasteiger partial charge in [-0.15, -0.1) is 0 Å². The summed E-state index contributed by atoms with van der Waals surface area (Å²) in [4.78, 5) is 30.5. The Hall–Kier alpha value is -1.88. The van der Waals surface area contributed by atoms with Gasteiger partial charge in [0.25, 0.3) is 0 Å². The van der Waals surface area contributed by atoms with E-state index in [4.69, 9.17) is 0 Å². The van der Waals surface area contributed by atoms with Gasteiger partial charge in [0.15, 0.2) is 0 Å². The van der Waals surface area contributed by atoms with Gasteiger partial charge in [0.1, 0.15) is 0 Å². The van der Waals surface area contributed by atoms with Crippen molar-refractivity contribution in [2.45, 2.75) is 90.0 Å². The molecule has 3 heterocycles. The molecular formula is C24H35N3O2. The van der Waals surface area contributed by atoms with Crippen molar-refractivity contribution in [3.8, 4) is 0 Å². The first-order valence-electron chi connectivity index (χ1n) is 11.2. The Morgan fingerprint density at radius 2 is 1.72 bits per heavy atom. The van der Waals surface area contributed by atoms with Gasteiger partial charge in [-0.2, -0.15) is 0 Å². The highest BCUT2D eigenvalue weighted by molar-refractivity contribution is 5.84. The number of carbonyl (C=O) groups is 2. The van der Waals surface area contributed by atoms with Crippen LogP contribution in [0.2, 0.25) is 0 Å². The summed E-state index contributed by atoms with van der Waals surface area (Å²) in [6.45, 7) is 7.02. The molecule has 5 heteroatoms. The third-order valence-corrected chi connectivity index (χ3v) is 7.56. The molecule has 3 aliphatic heterocycles. The minimum Gasteiger partial charge on any atom is -0.352 e. The van der Waals surface area contributed by atoms with E-state index >= 15 is 0 Å². The normalized spacial score (nSPS) is 29.4. The van der Waals surface area contributed by atoms with Crippen LogP contribution in [-0.2, 0) is 22.6 Å². The number of likely N-dealkylation sites (N-methyl/N-ethyl adjacent to an activating group) is 1. The molecule has 0 spiro atoms. The zero-order valence-electron chi connectivity index (χ0n) is 18.3. The third kappa shape index (κ3) is 3.81. The van der Waals surface area contributed by atoms with E-state index in [2.05, 4.69) is 60.2 Å². The molecule has 0 aromatic heterocycles. The van der Waals surface area contributed by atoms with Gasteiger partial charge >= 0.3 is 0 Å². The Kier molecular flexibility index (Phi) is 5.45. The number of hydrogen-bond acceptors (Lipinski definition) is 3. The number of piperidine rings is 1. The molecule has 2 saturated heterocycles. The van der Waals surface area contributed by atoms with Crippen LogP contribution in [0.4, 0.5) is 0 Å². The van der Waals surface area contributed by atoms with Gasteiger partial charge in [0, 0.05) is 30.1 Å². The summed E-state index contributed by atoms with van der Waals surface area (Å²) in [5, 5.41) is 3.34. The monoisotopic (exact) mass is 397 g/mol. The van der Waals surface area contributed by atoms with Crippen LogP contribution in [0, 0.1) is 5.41 Å². The van der Waals surface area contributed by atoms with Crippen LogP contribution >= 0.6 is 0 Å². The molecular weight excluding hydrogens is 362 g/mol. The molecule has 2 bridgehead atoms. The Balaban J connectivity index is 1.40.